The number of carbonyl (C=O) groups is 3. The summed E-state index contributed by atoms with van der Waals surface area (Å²) < 4.78 is 15.2. The molecule has 0 aliphatic heterocycles. The first-order chi connectivity index (χ1) is 8.45. The lowest BCUT2D eigenvalue weighted by Gasteiger charge is -2.22. The summed E-state index contributed by atoms with van der Waals surface area (Å²) in [5, 5.41) is 26.1. The largest absolute Gasteiger partial charge is 0.481 e. The van der Waals surface area contributed by atoms with Crippen molar-refractivity contribution in [3.8, 4) is 0 Å². The summed E-state index contributed by atoms with van der Waals surface area (Å²) in [6.45, 7) is 0.970. The number of aliphatic carboxylic acids is 3. The van der Waals surface area contributed by atoms with Crippen molar-refractivity contribution in [1.82, 2.24) is 0 Å². The first-order valence-corrected chi connectivity index (χ1v) is 6.64. The summed E-state index contributed by atoms with van der Waals surface area (Å²) in [5.74, 6) is -6.68. The fraction of sp³-hybridized carbons (Fsp3) is 0.625. The van der Waals surface area contributed by atoms with Crippen LogP contribution in [0, 0.1) is 5.92 Å². The van der Waals surface area contributed by atoms with Crippen LogP contribution in [0.5, 0.6) is 0 Å². The molecular formula is C8H13O10P. The maximum Gasteiger partial charge on any atom is 0.333 e. The van der Waals surface area contributed by atoms with E-state index in [0.29, 0.717) is 0 Å². The van der Waals surface area contributed by atoms with Crippen molar-refractivity contribution < 1.29 is 48.8 Å². The van der Waals surface area contributed by atoms with Gasteiger partial charge in [-0.25, -0.2) is 9.59 Å². The Morgan fingerprint density at radius 2 is 1.53 bits per heavy atom. The highest BCUT2D eigenvalue weighted by atomic mass is 31.2. The summed E-state index contributed by atoms with van der Waals surface area (Å²) >= 11 is 0. The van der Waals surface area contributed by atoms with Crippen molar-refractivity contribution in [2.24, 2.45) is 5.92 Å². The van der Waals surface area contributed by atoms with Crippen LogP contribution in [0.4, 0.5) is 0 Å². The van der Waals surface area contributed by atoms with Crippen LogP contribution in [0.25, 0.3) is 0 Å². The minimum Gasteiger partial charge on any atom is -0.481 e. The molecule has 0 radical (unpaired) electrons. The highest BCUT2D eigenvalue weighted by molar-refractivity contribution is 7.51. The second-order valence-corrected chi connectivity index (χ2v) is 5.39. The zero-order valence-corrected chi connectivity index (χ0v) is 10.6. The van der Waals surface area contributed by atoms with Gasteiger partial charge < -0.3 is 29.8 Å². The van der Waals surface area contributed by atoms with E-state index < -0.39 is 49.8 Å². The molecule has 0 aromatic rings. The number of hydrogen-bond acceptors (Lipinski definition) is 5. The van der Waals surface area contributed by atoms with Crippen LogP contribution < -0.4 is 0 Å². The van der Waals surface area contributed by atoms with Gasteiger partial charge in [0.25, 0.3) is 0 Å². The van der Waals surface area contributed by atoms with Gasteiger partial charge in [0, 0.05) is 0 Å². The van der Waals surface area contributed by atoms with Gasteiger partial charge in [0.2, 0.25) is 0 Å². The molecule has 0 heterocycles. The van der Waals surface area contributed by atoms with Gasteiger partial charge in [0.05, 0.1) is 12.1 Å². The van der Waals surface area contributed by atoms with E-state index in [-0.39, 0.29) is 0 Å². The molecule has 0 bridgehead atoms. The van der Waals surface area contributed by atoms with Gasteiger partial charge in [-0.15, -0.1) is 0 Å². The Hall–Kier alpha value is -1.48. The van der Waals surface area contributed by atoms with Gasteiger partial charge in [0.15, 0.2) is 12.2 Å². The Morgan fingerprint density at radius 1 is 1.05 bits per heavy atom. The first kappa shape index (κ1) is 17.5. The standard InChI is InChI=1S/C8H13O10P/c1-3(6(9)10)5(8(13)14)18-4(7(11)12)2-19(15,16)17/h3-5H,2H2,1H3,(H,9,10)(H,11,12)(H,13,14)(H2,15,16,17). The van der Waals surface area contributed by atoms with E-state index >= 15 is 0 Å². The van der Waals surface area contributed by atoms with E-state index in [4.69, 9.17) is 25.1 Å². The van der Waals surface area contributed by atoms with Crippen LogP contribution in [0.2, 0.25) is 0 Å². The number of rotatable bonds is 8. The van der Waals surface area contributed by atoms with Gasteiger partial charge >= 0.3 is 25.5 Å². The third kappa shape index (κ3) is 6.30. The molecular weight excluding hydrogens is 287 g/mol. The Kier molecular flexibility index (Phi) is 6.10. The quantitative estimate of drug-likeness (QED) is 0.342. The van der Waals surface area contributed by atoms with E-state index in [2.05, 4.69) is 4.74 Å². The van der Waals surface area contributed by atoms with Crippen LogP contribution >= 0.6 is 7.60 Å². The van der Waals surface area contributed by atoms with Crippen LogP contribution in [0.3, 0.4) is 0 Å². The molecule has 0 spiro atoms. The SMILES string of the molecule is CC(C(=O)O)C(OC(CP(=O)(O)O)C(=O)O)C(=O)O. The van der Waals surface area contributed by atoms with Crippen LogP contribution in [-0.4, -0.2) is 61.4 Å². The average molecular weight is 300 g/mol. The highest BCUT2D eigenvalue weighted by Crippen LogP contribution is 2.36. The molecule has 0 amide bonds. The van der Waals surface area contributed by atoms with Crippen molar-refractivity contribution in [3.05, 3.63) is 0 Å². The van der Waals surface area contributed by atoms with Crippen molar-refractivity contribution in [3.63, 3.8) is 0 Å². The number of carboxylic acid groups (broad SMARTS) is 3. The fourth-order valence-electron chi connectivity index (χ4n) is 1.09. The molecule has 110 valence electrons. The topological polar surface area (TPSA) is 179 Å². The van der Waals surface area contributed by atoms with Gasteiger partial charge in [-0.3, -0.25) is 9.36 Å². The molecule has 0 aliphatic rings. The van der Waals surface area contributed by atoms with E-state index in [1.165, 1.54) is 0 Å². The summed E-state index contributed by atoms with van der Waals surface area (Å²) in [4.78, 5) is 49.4. The Bertz CT molecular complexity index is 412. The molecule has 0 aromatic carbocycles. The summed E-state index contributed by atoms with van der Waals surface area (Å²) in [6.07, 6.45) is -5.41. The fourth-order valence-corrected chi connectivity index (χ4v) is 1.77. The predicted octanol–water partition coefficient (Wildman–Crippen LogP) is -1.19. The van der Waals surface area contributed by atoms with E-state index in [9.17, 15) is 18.9 Å². The Balaban J connectivity index is 5.07. The molecule has 0 fully saturated rings. The lowest BCUT2D eigenvalue weighted by Crippen LogP contribution is -2.42. The maximum absolute atomic E-state index is 10.8. The van der Waals surface area contributed by atoms with Gasteiger partial charge in [-0.2, -0.15) is 0 Å². The average Bonchev–Trinajstić information content (AvgIpc) is 2.20. The summed E-state index contributed by atoms with van der Waals surface area (Å²) in [5.41, 5.74) is 0. The molecule has 0 saturated heterocycles. The Morgan fingerprint density at radius 3 is 1.79 bits per heavy atom. The molecule has 3 unspecified atom stereocenters. The molecule has 0 aromatic heterocycles. The van der Waals surface area contributed by atoms with Crippen molar-refractivity contribution >= 4 is 25.5 Å². The van der Waals surface area contributed by atoms with Crippen molar-refractivity contribution in [2.45, 2.75) is 19.1 Å². The third-order valence-corrected chi connectivity index (χ3v) is 2.88. The molecule has 11 heteroatoms. The summed E-state index contributed by atoms with van der Waals surface area (Å²) in [7, 11) is -4.76. The van der Waals surface area contributed by atoms with Crippen molar-refractivity contribution in [2.75, 3.05) is 6.16 Å². The Labute approximate surface area is 106 Å². The minimum absolute atomic E-state index is 0.970. The van der Waals surface area contributed by atoms with E-state index in [1.54, 1.807) is 0 Å². The van der Waals surface area contributed by atoms with Crippen molar-refractivity contribution in [1.29, 1.82) is 0 Å². The molecule has 0 rings (SSSR count). The zero-order chi connectivity index (χ0) is 15.4. The van der Waals surface area contributed by atoms with Gasteiger partial charge in [-0.1, -0.05) is 0 Å². The molecule has 0 saturated carbocycles. The second-order valence-electron chi connectivity index (χ2n) is 3.70. The number of carboxylic acids is 3. The van der Waals surface area contributed by atoms with Gasteiger partial charge in [-0.05, 0) is 6.92 Å². The maximum atomic E-state index is 10.8. The molecule has 5 N–H and O–H groups in total. The van der Waals surface area contributed by atoms with E-state index in [0.717, 1.165) is 6.92 Å². The van der Waals surface area contributed by atoms with Crippen LogP contribution in [0.15, 0.2) is 0 Å². The van der Waals surface area contributed by atoms with Gasteiger partial charge in [0.1, 0.15) is 0 Å². The second kappa shape index (κ2) is 6.62. The summed E-state index contributed by atoms with van der Waals surface area (Å²) in [6, 6.07) is 0. The molecule has 19 heavy (non-hydrogen) atoms. The first-order valence-electron chi connectivity index (χ1n) is 4.84. The molecule has 0 aliphatic carbocycles. The third-order valence-electron chi connectivity index (χ3n) is 2.08. The highest BCUT2D eigenvalue weighted by Gasteiger charge is 2.37. The monoisotopic (exact) mass is 300 g/mol. The smallest absolute Gasteiger partial charge is 0.333 e. The lowest BCUT2D eigenvalue weighted by molar-refractivity contribution is -0.173. The lowest BCUT2D eigenvalue weighted by atomic mass is 10.1. The van der Waals surface area contributed by atoms with Crippen LogP contribution in [-0.2, 0) is 23.7 Å². The zero-order valence-electron chi connectivity index (χ0n) is 9.66. The minimum atomic E-state index is -4.76. The molecule has 3 atom stereocenters. The van der Waals surface area contributed by atoms with Crippen LogP contribution in [0.1, 0.15) is 6.92 Å². The number of hydrogen-bond donors (Lipinski definition) is 5. The predicted molar refractivity (Wildman–Crippen MR) is 57.6 cm³/mol. The normalized spacial score (nSPS) is 16.4. The van der Waals surface area contributed by atoms with E-state index in [1.807, 2.05) is 0 Å². The molecule has 10 nitrogen and oxygen atoms in total. The number of ether oxygens (including phenoxy) is 1.